The molecule has 1 aromatic carbocycles. The number of thiophene rings is 1. The van der Waals surface area contributed by atoms with E-state index in [1.165, 1.54) is 0 Å². The first kappa shape index (κ1) is 16.4. The van der Waals surface area contributed by atoms with Gasteiger partial charge in [-0.15, -0.1) is 11.3 Å². The molecule has 2 N–H and O–H groups in total. The highest BCUT2D eigenvalue weighted by Crippen LogP contribution is 2.30. The summed E-state index contributed by atoms with van der Waals surface area (Å²) in [6.07, 6.45) is 1.56. The number of aromatic amines is 1. The molecule has 0 fully saturated rings. The summed E-state index contributed by atoms with van der Waals surface area (Å²) in [6.45, 7) is 0. The number of nitrogens with zero attached hydrogens (tertiary/aromatic N) is 2. The maximum Gasteiger partial charge on any atom is 0.291 e. The van der Waals surface area contributed by atoms with Gasteiger partial charge in [-0.1, -0.05) is 0 Å². The smallest absolute Gasteiger partial charge is 0.291 e. The van der Waals surface area contributed by atoms with E-state index in [4.69, 9.17) is 4.74 Å². The van der Waals surface area contributed by atoms with Crippen molar-refractivity contribution in [2.24, 2.45) is 5.10 Å². The summed E-state index contributed by atoms with van der Waals surface area (Å²) < 4.78 is 6.10. The number of hydrazone groups is 1. The minimum Gasteiger partial charge on any atom is -0.497 e. The summed E-state index contributed by atoms with van der Waals surface area (Å²) in [5.74, 6) is 0.387. The molecule has 0 radical (unpaired) electrons. The van der Waals surface area contributed by atoms with Crippen LogP contribution in [0, 0.1) is 0 Å². The van der Waals surface area contributed by atoms with Crippen molar-refractivity contribution < 1.29 is 9.53 Å². The Morgan fingerprint density at radius 2 is 2.12 bits per heavy atom. The molecule has 0 unspecified atom stereocenters. The van der Waals surface area contributed by atoms with E-state index in [0.717, 1.165) is 25.7 Å². The highest BCUT2D eigenvalue weighted by molar-refractivity contribution is 9.11. The molecule has 0 atom stereocenters. The Morgan fingerprint density at radius 3 is 2.79 bits per heavy atom. The molecule has 2 heterocycles. The van der Waals surface area contributed by atoms with E-state index in [1.54, 1.807) is 30.7 Å². The molecule has 1 amide bonds. The Morgan fingerprint density at radius 1 is 1.33 bits per heavy atom. The zero-order chi connectivity index (χ0) is 16.9. The highest BCUT2D eigenvalue weighted by Gasteiger charge is 2.11. The van der Waals surface area contributed by atoms with Gasteiger partial charge in [-0.3, -0.25) is 9.89 Å². The molecule has 0 saturated carbocycles. The lowest BCUT2D eigenvalue weighted by Gasteiger charge is -1.99. The Labute approximate surface area is 150 Å². The van der Waals surface area contributed by atoms with Gasteiger partial charge in [0.1, 0.15) is 5.75 Å². The molecule has 0 aliphatic heterocycles. The van der Waals surface area contributed by atoms with Crippen molar-refractivity contribution in [3.05, 3.63) is 57.5 Å². The van der Waals surface area contributed by atoms with Gasteiger partial charge in [-0.2, -0.15) is 10.2 Å². The van der Waals surface area contributed by atoms with Crippen LogP contribution in [0.3, 0.4) is 0 Å². The minimum atomic E-state index is -0.377. The van der Waals surface area contributed by atoms with Crippen LogP contribution in [0.4, 0.5) is 0 Å². The van der Waals surface area contributed by atoms with Crippen LogP contribution in [0.25, 0.3) is 10.6 Å². The van der Waals surface area contributed by atoms with Gasteiger partial charge < -0.3 is 4.74 Å². The van der Waals surface area contributed by atoms with Gasteiger partial charge in [0.25, 0.3) is 5.91 Å². The lowest BCUT2D eigenvalue weighted by molar-refractivity contribution is 0.0950. The normalized spacial score (nSPS) is 10.9. The van der Waals surface area contributed by atoms with E-state index in [1.807, 2.05) is 36.4 Å². The second-order valence-electron chi connectivity index (χ2n) is 4.74. The van der Waals surface area contributed by atoms with Crippen molar-refractivity contribution in [3.63, 3.8) is 0 Å². The summed E-state index contributed by atoms with van der Waals surface area (Å²) in [5.41, 5.74) is 4.37. The van der Waals surface area contributed by atoms with Crippen LogP contribution in [0.15, 0.2) is 51.4 Å². The number of benzene rings is 1. The van der Waals surface area contributed by atoms with Gasteiger partial charge in [0.15, 0.2) is 5.69 Å². The van der Waals surface area contributed by atoms with Crippen LogP contribution in [0.2, 0.25) is 0 Å². The van der Waals surface area contributed by atoms with Crippen LogP contribution >= 0.6 is 27.3 Å². The van der Waals surface area contributed by atoms with Crippen molar-refractivity contribution >= 4 is 39.4 Å². The summed E-state index contributed by atoms with van der Waals surface area (Å²) in [7, 11) is 1.61. The van der Waals surface area contributed by atoms with Crippen LogP contribution in [0.5, 0.6) is 5.75 Å². The minimum absolute atomic E-state index is 0.279. The molecule has 0 bridgehead atoms. The molecule has 0 saturated heterocycles. The predicted molar refractivity (Wildman–Crippen MR) is 97.7 cm³/mol. The Balaban J connectivity index is 1.62. The number of ether oxygens (including phenoxy) is 1. The van der Waals surface area contributed by atoms with E-state index in [-0.39, 0.29) is 11.6 Å². The molecule has 24 heavy (non-hydrogen) atoms. The number of hydrogen-bond donors (Lipinski definition) is 2. The van der Waals surface area contributed by atoms with E-state index < -0.39 is 0 Å². The third kappa shape index (κ3) is 3.90. The molecule has 0 aliphatic rings. The number of aromatic nitrogens is 2. The maximum absolute atomic E-state index is 12.1. The molecule has 8 heteroatoms. The first-order valence-electron chi connectivity index (χ1n) is 6.94. The Bertz CT molecular complexity index is 870. The summed E-state index contributed by atoms with van der Waals surface area (Å²) in [4.78, 5) is 13.0. The molecular weight excluding hydrogens is 392 g/mol. The molecule has 3 aromatic rings. The average molecular weight is 405 g/mol. The van der Waals surface area contributed by atoms with E-state index in [2.05, 4.69) is 36.7 Å². The van der Waals surface area contributed by atoms with Crippen molar-refractivity contribution in [2.75, 3.05) is 7.11 Å². The predicted octanol–water partition coefficient (Wildman–Crippen LogP) is 3.67. The van der Waals surface area contributed by atoms with Crippen LogP contribution in [-0.4, -0.2) is 29.4 Å². The lowest BCUT2D eigenvalue weighted by atomic mass is 10.2. The fourth-order valence-electron chi connectivity index (χ4n) is 1.94. The van der Waals surface area contributed by atoms with E-state index in [0.29, 0.717) is 0 Å². The van der Waals surface area contributed by atoms with E-state index >= 15 is 0 Å². The zero-order valence-electron chi connectivity index (χ0n) is 12.6. The molecule has 6 nitrogen and oxygen atoms in total. The van der Waals surface area contributed by atoms with Crippen LogP contribution < -0.4 is 10.2 Å². The van der Waals surface area contributed by atoms with Crippen molar-refractivity contribution in [1.82, 2.24) is 15.6 Å². The molecular formula is C16H13BrN4O2S. The molecule has 0 spiro atoms. The number of nitrogens with one attached hydrogen (secondary N) is 2. The third-order valence-electron chi connectivity index (χ3n) is 3.14. The number of halogens is 1. The van der Waals surface area contributed by atoms with Crippen LogP contribution in [-0.2, 0) is 0 Å². The quantitative estimate of drug-likeness (QED) is 0.502. The molecule has 0 aliphatic carbocycles. The lowest BCUT2D eigenvalue weighted by Crippen LogP contribution is -2.17. The van der Waals surface area contributed by atoms with Gasteiger partial charge in [-0.25, -0.2) is 5.43 Å². The van der Waals surface area contributed by atoms with Gasteiger partial charge >= 0.3 is 0 Å². The first-order chi connectivity index (χ1) is 11.7. The number of H-pyrrole nitrogens is 1. The van der Waals surface area contributed by atoms with Gasteiger partial charge in [0, 0.05) is 0 Å². The van der Waals surface area contributed by atoms with Gasteiger partial charge in [-0.05, 0) is 64.0 Å². The number of rotatable bonds is 5. The zero-order valence-corrected chi connectivity index (χ0v) is 15.0. The summed E-state index contributed by atoms with van der Waals surface area (Å²) in [6, 6.07) is 12.9. The van der Waals surface area contributed by atoms with Gasteiger partial charge in [0.2, 0.25) is 0 Å². The largest absolute Gasteiger partial charge is 0.497 e. The fraction of sp³-hybridized carbons (Fsp3) is 0.0625. The Kier molecular flexibility index (Phi) is 5.07. The van der Waals surface area contributed by atoms with Crippen molar-refractivity contribution in [2.45, 2.75) is 0 Å². The maximum atomic E-state index is 12.1. The highest BCUT2D eigenvalue weighted by atomic mass is 79.9. The number of carbonyl (C=O) groups excluding carboxylic acids is 1. The average Bonchev–Trinajstić information content (AvgIpc) is 3.24. The topological polar surface area (TPSA) is 79.4 Å². The number of methoxy groups -OCH3 is 1. The van der Waals surface area contributed by atoms with E-state index in [9.17, 15) is 4.79 Å². The second-order valence-corrected chi connectivity index (χ2v) is 7.21. The van der Waals surface area contributed by atoms with Crippen molar-refractivity contribution in [1.29, 1.82) is 0 Å². The first-order valence-corrected chi connectivity index (χ1v) is 8.55. The SMILES string of the molecule is COc1ccc(C=NNC(=O)c2cc(-c3ccc(Br)s3)[nH]n2)cc1. The standard InChI is InChI=1S/C16H13BrN4O2S/c1-23-11-4-2-10(3-5-11)9-18-21-16(22)13-8-12(19-20-13)14-6-7-15(17)24-14/h2-9H,1H3,(H,19,20)(H,21,22). The number of carbonyl (C=O) groups is 1. The second kappa shape index (κ2) is 7.41. The third-order valence-corrected chi connectivity index (χ3v) is 4.80. The number of hydrogen-bond acceptors (Lipinski definition) is 5. The van der Waals surface area contributed by atoms with Crippen molar-refractivity contribution in [3.8, 4) is 16.3 Å². The summed E-state index contributed by atoms with van der Waals surface area (Å²) >= 11 is 4.97. The summed E-state index contributed by atoms with van der Waals surface area (Å²) in [5, 5.41) is 10.8. The molecule has 2 aromatic heterocycles. The Hall–Kier alpha value is -2.45. The molecule has 122 valence electrons. The molecule has 3 rings (SSSR count). The fourth-order valence-corrected chi connectivity index (χ4v) is 3.29. The van der Waals surface area contributed by atoms with Crippen LogP contribution in [0.1, 0.15) is 16.1 Å². The number of amides is 1. The monoisotopic (exact) mass is 404 g/mol. The van der Waals surface area contributed by atoms with Gasteiger partial charge in [0.05, 0.1) is 27.7 Å².